The molecule has 0 saturated carbocycles. The summed E-state index contributed by atoms with van der Waals surface area (Å²) in [5.74, 6) is 4.81. The summed E-state index contributed by atoms with van der Waals surface area (Å²) in [6, 6.07) is 0. The van der Waals surface area contributed by atoms with Crippen molar-refractivity contribution >= 4 is 29.4 Å². The lowest BCUT2D eigenvalue weighted by Gasteiger charge is -2.19. The van der Waals surface area contributed by atoms with Crippen LogP contribution in [0.2, 0.25) is 0 Å². The smallest absolute Gasteiger partial charge is 0.390 e. The van der Waals surface area contributed by atoms with Crippen LogP contribution in [-0.2, 0) is 36.4 Å². The quantitative estimate of drug-likeness (QED) is 0.118. The highest BCUT2D eigenvalue weighted by Crippen LogP contribution is 2.66. The molecule has 37 heavy (non-hydrogen) atoms. The van der Waals surface area contributed by atoms with Crippen LogP contribution in [-0.4, -0.2) is 65.5 Å². The molecule has 2 unspecified atom stereocenters. The van der Waals surface area contributed by atoms with E-state index in [0.717, 1.165) is 10.8 Å². The van der Waals surface area contributed by atoms with Gasteiger partial charge in [0.1, 0.15) is 17.9 Å². The van der Waals surface area contributed by atoms with Gasteiger partial charge in [-0.1, -0.05) is 18.8 Å². The standard InChI is InChI=1S/C16H24N3O15P3/c1-2-4-13(21)17-6-3-5-10-8-19(16(23)18-15(10)22)14-7-11(20)12(32-14)9-31-36(27,28)34-37(29,30)33-35(24,25)26/h8,11-12,14,20H,2,4,6-7,9H2,1H3,(H,17,21)(H,27,28)(H,29,30)(H,18,22,23)(H2,24,25,26)/t11-,12+,14+/m0/s1. The van der Waals surface area contributed by atoms with Crippen LogP contribution in [0, 0.1) is 11.8 Å². The van der Waals surface area contributed by atoms with Gasteiger partial charge in [-0.25, -0.2) is 18.5 Å². The number of aliphatic hydroxyl groups excluding tert-OH is 1. The van der Waals surface area contributed by atoms with E-state index in [1.807, 2.05) is 11.9 Å². The molecular formula is C16H24N3O15P3. The zero-order valence-electron chi connectivity index (χ0n) is 19.0. The van der Waals surface area contributed by atoms with Crippen LogP contribution in [0.5, 0.6) is 0 Å². The van der Waals surface area contributed by atoms with Crippen LogP contribution < -0.4 is 16.6 Å². The third-order valence-electron chi connectivity index (χ3n) is 4.37. The van der Waals surface area contributed by atoms with Gasteiger partial charge in [-0.05, 0) is 6.42 Å². The molecule has 1 aromatic heterocycles. The zero-order chi connectivity index (χ0) is 28.0. The van der Waals surface area contributed by atoms with Crippen LogP contribution in [0.15, 0.2) is 15.8 Å². The highest BCUT2D eigenvalue weighted by Gasteiger charge is 2.43. The average Bonchev–Trinajstić information content (AvgIpc) is 3.09. The third kappa shape index (κ3) is 10.4. The minimum Gasteiger partial charge on any atom is -0.390 e. The Bertz CT molecular complexity index is 1310. The van der Waals surface area contributed by atoms with Gasteiger partial charge in [0, 0.05) is 19.0 Å². The fourth-order valence-electron chi connectivity index (χ4n) is 2.89. The number of phosphoric ester groups is 1. The Labute approximate surface area is 208 Å². The Morgan fingerprint density at radius 1 is 1.22 bits per heavy atom. The second kappa shape index (κ2) is 12.7. The van der Waals surface area contributed by atoms with Gasteiger partial charge in [0.05, 0.1) is 19.3 Å². The maximum absolute atomic E-state index is 12.2. The lowest BCUT2D eigenvalue weighted by molar-refractivity contribution is -0.120. The summed E-state index contributed by atoms with van der Waals surface area (Å²) in [5, 5.41) is 12.7. The summed E-state index contributed by atoms with van der Waals surface area (Å²) in [7, 11) is -16.8. The van der Waals surface area contributed by atoms with Gasteiger partial charge in [-0.15, -0.1) is 0 Å². The van der Waals surface area contributed by atoms with Crippen LogP contribution in [0.3, 0.4) is 0 Å². The first-order valence-electron chi connectivity index (χ1n) is 10.2. The molecule has 2 rings (SSSR count). The Kier molecular flexibility index (Phi) is 10.8. The molecule has 1 aliphatic heterocycles. The van der Waals surface area contributed by atoms with Crippen molar-refractivity contribution in [2.75, 3.05) is 13.2 Å². The summed E-state index contributed by atoms with van der Waals surface area (Å²) in [6.07, 6.45) is -2.28. The largest absolute Gasteiger partial charge is 0.490 e. The van der Waals surface area contributed by atoms with Crippen molar-refractivity contribution in [1.29, 1.82) is 0 Å². The number of amides is 1. The molecule has 0 spiro atoms. The van der Waals surface area contributed by atoms with Gasteiger partial charge in [-0.2, -0.15) is 8.62 Å². The van der Waals surface area contributed by atoms with Crippen LogP contribution in [0.4, 0.5) is 0 Å². The fraction of sp³-hybridized carbons (Fsp3) is 0.562. The van der Waals surface area contributed by atoms with Gasteiger partial charge in [-0.3, -0.25) is 23.7 Å². The molecule has 1 amide bonds. The molecule has 7 N–H and O–H groups in total. The molecule has 5 atom stereocenters. The summed E-state index contributed by atoms with van der Waals surface area (Å²) in [6.45, 7) is 0.823. The van der Waals surface area contributed by atoms with Gasteiger partial charge >= 0.3 is 29.2 Å². The first-order chi connectivity index (χ1) is 17.0. The van der Waals surface area contributed by atoms with Crippen molar-refractivity contribution in [3.63, 3.8) is 0 Å². The molecule has 1 fully saturated rings. The predicted octanol–water partition coefficient (Wildman–Crippen LogP) is -1.20. The fourth-order valence-corrected chi connectivity index (χ4v) is 5.92. The summed E-state index contributed by atoms with van der Waals surface area (Å²) < 4.78 is 51.7. The normalized spacial score (nSPS) is 22.9. The van der Waals surface area contributed by atoms with E-state index < -0.39 is 59.8 Å². The molecule has 208 valence electrons. The molecule has 2 heterocycles. The number of aromatic amines is 1. The van der Waals surface area contributed by atoms with Crippen molar-refractivity contribution in [3.8, 4) is 11.8 Å². The number of hydrogen-bond donors (Lipinski definition) is 7. The molecule has 1 aromatic rings. The lowest BCUT2D eigenvalue weighted by Crippen LogP contribution is -2.33. The second-order valence-electron chi connectivity index (χ2n) is 7.36. The number of aromatic nitrogens is 2. The highest BCUT2D eigenvalue weighted by molar-refractivity contribution is 7.66. The van der Waals surface area contributed by atoms with E-state index in [4.69, 9.17) is 19.4 Å². The number of carbonyl (C=O) groups excluding carboxylic acids is 1. The number of carbonyl (C=O) groups is 1. The number of rotatable bonds is 11. The topological polar surface area (TPSA) is 273 Å². The predicted molar refractivity (Wildman–Crippen MR) is 120 cm³/mol. The monoisotopic (exact) mass is 591 g/mol. The maximum Gasteiger partial charge on any atom is 0.490 e. The number of H-pyrrole nitrogens is 1. The zero-order valence-corrected chi connectivity index (χ0v) is 21.6. The number of nitrogens with one attached hydrogen (secondary N) is 2. The van der Waals surface area contributed by atoms with Crippen molar-refractivity contribution in [3.05, 3.63) is 32.6 Å². The highest BCUT2D eigenvalue weighted by atomic mass is 31.3. The SMILES string of the molecule is CCCC(=O)NCC#Cc1cn([C@H]2C[C@H](O)[C@@H](COP(=O)(O)OP(=O)(O)OP(=O)(O)O)O2)c(=O)[nH]c1=O. The third-order valence-corrected chi connectivity index (χ3v) is 8.18. The van der Waals surface area contributed by atoms with Crippen LogP contribution >= 0.6 is 23.5 Å². The number of phosphoric acid groups is 3. The van der Waals surface area contributed by atoms with E-state index in [-0.39, 0.29) is 24.4 Å². The van der Waals surface area contributed by atoms with Crippen molar-refractivity contribution in [2.24, 2.45) is 0 Å². The summed E-state index contributed by atoms with van der Waals surface area (Å²) in [5.41, 5.74) is -1.92. The number of aliphatic hydroxyl groups is 1. The molecule has 1 aliphatic rings. The Morgan fingerprint density at radius 2 is 1.89 bits per heavy atom. The molecular weight excluding hydrogens is 567 g/mol. The molecule has 0 bridgehead atoms. The molecule has 0 aromatic carbocycles. The van der Waals surface area contributed by atoms with Crippen molar-refractivity contribution < 1.29 is 61.1 Å². The average molecular weight is 591 g/mol. The van der Waals surface area contributed by atoms with Crippen molar-refractivity contribution in [1.82, 2.24) is 14.9 Å². The molecule has 0 radical (unpaired) electrons. The molecule has 1 saturated heterocycles. The Balaban J connectivity index is 2.07. The Morgan fingerprint density at radius 3 is 2.51 bits per heavy atom. The van der Waals surface area contributed by atoms with Gasteiger partial charge < -0.3 is 34.7 Å². The first kappa shape index (κ1) is 31.3. The number of hydrogen-bond acceptors (Lipinski definition) is 11. The number of ether oxygens (including phenoxy) is 1. The maximum atomic E-state index is 12.2. The summed E-state index contributed by atoms with van der Waals surface area (Å²) in [4.78, 5) is 73.5. The summed E-state index contributed by atoms with van der Waals surface area (Å²) >= 11 is 0. The van der Waals surface area contributed by atoms with E-state index >= 15 is 0 Å². The van der Waals surface area contributed by atoms with Crippen LogP contribution in [0.25, 0.3) is 0 Å². The molecule has 18 nitrogen and oxygen atoms in total. The molecule has 0 aliphatic carbocycles. The van der Waals surface area contributed by atoms with Crippen LogP contribution in [0.1, 0.15) is 38.0 Å². The van der Waals surface area contributed by atoms with E-state index in [9.17, 15) is 38.1 Å². The van der Waals surface area contributed by atoms with Gasteiger partial charge in [0.25, 0.3) is 5.56 Å². The first-order valence-corrected chi connectivity index (χ1v) is 14.8. The number of nitrogens with zero attached hydrogens (tertiary/aromatic N) is 1. The minimum absolute atomic E-state index is 0.0568. The lowest BCUT2D eigenvalue weighted by atomic mass is 10.2. The van der Waals surface area contributed by atoms with Crippen molar-refractivity contribution in [2.45, 2.75) is 44.6 Å². The van der Waals surface area contributed by atoms with E-state index in [2.05, 4.69) is 30.3 Å². The second-order valence-corrected chi connectivity index (χ2v) is 11.8. The van der Waals surface area contributed by atoms with E-state index in [1.165, 1.54) is 0 Å². The molecule has 21 heteroatoms. The van der Waals surface area contributed by atoms with E-state index in [0.29, 0.717) is 12.8 Å². The minimum atomic E-state index is -5.73. The Hall–Kier alpha value is -1.96. The van der Waals surface area contributed by atoms with E-state index in [1.54, 1.807) is 0 Å². The van der Waals surface area contributed by atoms with Gasteiger partial charge in [0.2, 0.25) is 5.91 Å². The van der Waals surface area contributed by atoms with Gasteiger partial charge in [0.15, 0.2) is 0 Å².